The lowest BCUT2D eigenvalue weighted by atomic mass is 9.72. The van der Waals surface area contributed by atoms with Crippen molar-refractivity contribution in [1.29, 1.82) is 0 Å². The third kappa shape index (κ3) is 2.46. The maximum atomic E-state index is 13.6. The van der Waals surface area contributed by atoms with Crippen molar-refractivity contribution >= 4 is 23.3 Å². The Morgan fingerprint density at radius 2 is 1.73 bits per heavy atom. The number of fused-ring (bicyclic) bond motifs is 4. The van der Waals surface area contributed by atoms with E-state index in [-0.39, 0.29) is 23.6 Å². The Labute approximate surface area is 166 Å². The number of alkyl halides is 3. The summed E-state index contributed by atoms with van der Waals surface area (Å²) in [4.78, 5) is 25.5. The molecule has 2 amide bonds. The number of hydrogen-bond donors (Lipinski definition) is 2. The van der Waals surface area contributed by atoms with Gasteiger partial charge in [-0.1, -0.05) is 6.07 Å². The van der Waals surface area contributed by atoms with E-state index in [1.807, 2.05) is 0 Å². The second kappa shape index (κ2) is 5.91. The molecule has 6 nitrogen and oxygen atoms in total. The molecule has 0 radical (unpaired) electrons. The van der Waals surface area contributed by atoms with Crippen molar-refractivity contribution in [2.24, 2.45) is 0 Å². The number of nitrogens with one attached hydrogen (secondary N) is 2. The first kappa shape index (κ1) is 18.3. The molecular formula is C20H12F4N4O2. The summed E-state index contributed by atoms with van der Waals surface area (Å²) >= 11 is 0. The zero-order chi connectivity index (χ0) is 21.3. The van der Waals surface area contributed by atoms with Crippen LogP contribution in [0.4, 0.5) is 29.1 Å². The highest BCUT2D eigenvalue weighted by molar-refractivity contribution is 6.14. The number of carbonyl (C=O) groups is 2. The Balaban J connectivity index is 1.67. The van der Waals surface area contributed by atoms with E-state index in [0.717, 1.165) is 12.1 Å². The Morgan fingerprint density at radius 1 is 1.00 bits per heavy atom. The molecule has 10 heteroatoms. The van der Waals surface area contributed by atoms with Crippen molar-refractivity contribution in [2.75, 3.05) is 10.6 Å². The van der Waals surface area contributed by atoms with Gasteiger partial charge in [0.25, 0.3) is 0 Å². The smallest absolute Gasteiger partial charge is 0.325 e. The van der Waals surface area contributed by atoms with Crippen LogP contribution in [0.5, 0.6) is 0 Å². The normalized spacial score (nSPS) is 20.0. The maximum Gasteiger partial charge on any atom is 0.416 e. The molecule has 5 rings (SSSR count). The quantitative estimate of drug-likeness (QED) is 0.595. The first-order valence-electron chi connectivity index (χ1n) is 8.87. The number of hydrogen-bond acceptors (Lipinski definition) is 3. The van der Waals surface area contributed by atoms with Crippen molar-refractivity contribution in [1.82, 2.24) is 9.78 Å². The maximum absolute atomic E-state index is 13.6. The predicted octanol–water partition coefficient (Wildman–Crippen LogP) is 3.61. The number of aromatic nitrogens is 2. The van der Waals surface area contributed by atoms with E-state index in [0.29, 0.717) is 11.1 Å². The zero-order valence-electron chi connectivity index (χ0n) is 15.0. The molecule has 0 unspecified atom stereocenters. The molecular weight excluding hydrogens is 404 g/mol. The molecule has 1 spiro atoms. The van der Waals surface area contributed by atoms with Crippen molar-refractivity contribution in [3.05, 3.63) is 71.2 Å². The number of carbonyl (C=O) groups excluding carboxylic acids is 2. The Kier molecular flexibility index (Phi) is 3.61. The van der Waals surface area contributed by atoms with Crippen LogP contribution in [0.25, 0.3) is 5.69 Å². The largest absolute Gasteiger partial charge is 0.416 e. The first-order valence-corrected chi connectivity index (χ1v) is 8.87. The highest BCUT2D eigenvalue weighted by Crippen LogP contribution is 2.50. The molecule has 2 aliphatic heterocycles. The van der Waals surface area contributed by atoms with Crippen molar-refractivity contribution in [2.45, 2.75) is 18.0 Å². The number of nitrogens with zero attached hydrogens (tertiary/aromatic N) is 2. The first-order chi connectivity index (χ1) is 14.2. The average Bonchev–Trinajstić information content (AvgIpc) is 3.21. The summed E-state index contributed by atoms with van der Waals surface area (Å²) in [6, 6.07) is 8.08. The van der Waals surface area contributed by atoms with Crippen LogP contribution in [0.15, 0.2) is 48.7 Å². The summed E-state index contributed by atoms with van der Waals surface area (Å²) in [6.45, 7) is 0. The van der Waals surface area contributed by atoms with Crippen LogP contribution >= 0.6 is 0 Å². The fraction of sp³-hybridized carbons (Fsp3) is 0.150. The molecule has 1 aromatic heterocycles. The van der Waals surface area contributed by atoms with E-state index >= 15 is 0 Å². The molecule has 30 heavy (non-hydrogen) atoms. The summed E-state index contributed by atoms with van der Waals surface area (Å²) in [7, 11) is 0. The highest BCUT2D eigenvalue weighted by Gasteiger charge is 2.54. The van der Waals surface area contributed by atoms with Crippen LogP contribution in [0.3, 0.4) is 0 Å². The van der Waals surface area contributed by atoms with Crippen LogP contribution in [-0.4, -0.2) is 21.6 Å². The molecule has 0 saturated heterocycles. The van der Waals surface area contributed by atoms with Gasteiger partial charge in [0.05, 0.1) is 17.4 Å². The summed E-state index contributed by atoms with van der Waals surface area (Å²) in [5, 5.41) is 9.47. The minimum absolute atomic E-state index is 0.179. The third-order valence-electron chi connectivity index (χ3n) is 5.43. The Morgan fingerprint density at radius 3 is 2.43 bits per heavy atom. The molecule has 2 aliphatic rings. The van der Waals surface area contributed by atoms with Gasteiger partial charge in [0.1, 0.15) is 17.1 Å². The van der Waals surface area contributed by atoms with Crippen molar-refractivity contribution in [3.63, 3.8) is 0 Å². The van der Waals surface area contributed by atoms with E-state index < -0.39 is 34.8 Å². The van der Waals surface area contributed by atoms with Gasteiger partial charge >= 0.3 is 6.18 Å². The van der Waals surface area contributed by atoms with E-state index in [1.165, 1.54) is 41.2 Å². The molecule has 3 heterocycles. The monoisotopic (exact) mass is 416 g/mol. The second-order valence-electron chi connectivity index (χ2n) is 7.14. The van der Waals surface area contributed by atoms with E-state index in [2.05, 4.69) is 15.7 Å². The summed E-state index contributed by atoms with van der Waals surface area (Å²) in [5.41, 5.74) is -0.854. The summed E-state index contributed by atoms with van der Waals surface area (Å²) < 4.78 is 53.4. The fourth-order valence-electron chi connectivity index (χ4n) is 4.07. The number of rotatable bonds is 1. The molecule has 0 bridgehead atoms. The Hall–Kier alpha value is -3.69. The van der Waals surface area contributed by atoms with E-state index in [1.54, 1.807) is 0 Å². The predicted molar refractivity (Wildman–Crippen MR) is 97.6 cm³/mol. The molecule has 2 N–H and O–H groups in total. The summed E-state index contributed by atoms with van der Waals surface area (Å²) in [6.07, 6.45) is -3.30. The van der Waals surface area contributed by atoms with Gasteiger partial charge in [0.15, 0.2) is 0 Å². The van der Waals surface area contributed by atoms with Crippen LogP contribution in [0.2, 0.25) is 0 Å². The van der Waals surface area contributed by atoms with Crippen molar-refractivity contribution in [3.8, 4) is 5.69 Å². The van der Waals surface area contributed by atoms with E-state index in [9.17, 15) is 27.2 Å². The molecule has 0 saturated carbocycles. The van der Waals surface area contributed by atoms with Gasteiger partial charge in [-0.2, -0.15) is 18.3 Å². The average molecular weight is 416 g/mol. The van der Waals surface area contributed by atoms with Gasteiger partial charge in [0, 0.05) is 17.7 Å². The van der Waals surface area contributed by atoms with Gasteiger partial charge in [-0.05, 0) is 42.0 Å². The van der Waals surface area contributed by atoms with Crippen LogP contribution < -0.4 is 10.6 Å². The molecule has 3 aromatic rings. The van der Waals surface area contributed by atoms with Gasteiger partial charge in [-0.3, -0.25) is 9.59 Å². The number of amides is 2. The van der Waals surface area contributed by atoms with Gasteiger partial charge in [-0.25, -0.2) is 9.07 Å². The number of benzene rings is 2. The Bertz CT molecular complexity index is 1220. The lowest BCUT2D eigenvalue weighted by Crippen LogP contribution is -2.43. The minimum Gasteiger partial charge on any atom is -0.325 e. The topological polar surface area (TPSA) is 76.0 Å². The van der Waals surface area contributed by atoms with E-state index in [4.69, 9.17) is 0 Å². The van der Waals surface area contributed by atoms with Gasteiger partial charge in [-0.15, -0.1) is 0 Å². The number of anilines is 2. The summed E-state index contributed by atoms with van der Waals surface area (Å²) in [5.74, 6) is -1.32. The lowest BCUT2D eigenvalue weighted by Gasteiger charge is -2.31. The SMILES string of the molecule is O=C1C[C@@]2(C(=O)Nc3cc(F)ccc32)c2cnn(-c3ccc(C(F)(F)F)cc3)c2N1. The minimum atomic E-state index is -4.48. The zero-order valence-corrected chi connectivity index (χ0v) is 15.0. The van der Waals surface area contributed by atoms with Gasteiger partial charge < -0.3 is 10.6 Å². The van der Waals surface area contributed by atoms with Gasteiger partial charge in [0.2, 0.25) is 11.8 Å². The molecule has 152 valence electrons. The van der Waals surface area contributed by atoms with Crippen LogP contribution in [0, 0.1) is 5.82 Å². The standard InChI is InChI=1S/C20H12F4N4O2/c21-11-3-6-13-15(7-11)26-18(30)19(13)8-16(29)27-17-14(19)9-25-28(17)12-4-1-10(2-5-12)20(22,23)24/h1-7,9H,8H2,(H,26,30)(H,27,29)/t19-/m0/s1. The van der Waals surface area contributed by atoms with Crippen molar-refractivity contribution < 1.29 is 27.2 Å². The molecule has 0 fully saturated rings. The molecule has 2 aromatic carbocycles. The number of halogens is 4. The molecule has 1 atom stereocenters. The van der Waals surface area contributed by atoms with Crippen LogP contribution in [0.1, 0.15) is 23.1 Å². The lowest BCUT2D eigenvalue weighted by molar-refractivity contribution is -0.137. The fourth-order valence-corrected chi connectivity index (χ4v) is 4.07. The van der Waals surface area contributed by atoms with Crippen LogP contribution in [-0.2, 0) is 21.2 Å². The third-order valence-corrected chi connectivity index (χ3v) is 5.43. The molecule has 0 aliphatic carbocycles. The highest BCUT2D eigenvalue weighted by atomic mass is 19.4. The second-order valence-corrected chi connectivity index (χ2v) is 7.14.